The van der Waals surface area contributed by atoms with Crippen LogP contribution in [-0.2, 0) is 11.2 Å². The number of pyridine rings is 2. The van der Waals surface area contributed by atoms with E-state index in [9.17, 15) is 4.79 Å². The molecule has 26 heavy (non-hydrogen) atoms. The van der Waals surface area contributed by atoms with Crippen LogP contribution in [0, 0.1) is 0 Å². The van der Waals surface area contributed by atoms with Crippen molar-refractivity contribution in [2.24, 2.45) is 0 Å². The minimum absolute atomic E-state index is 0.0307. The van der Waals surface area contributed by atoms with Gasteiger partial charge in [0.1, 0.15) is 11.3 Å². The van der Waals surface area contributed by atoms with Gasteiger partial charge in [0.2, 0.25) is 0 Å². The van der Waals surface area contributed by atoms with Gasteiger partial charge < -0.3 is 13.9 Å². The van der Waals surface area contributed by atoms with Crippen molar-refractivity contribution in [3.63, 3.8) is 0 Å². The summed E-state index contributed by atoms with van der Waals surface area (Å²) in [5, 5.41) is 0. The fraction of sp³-hybridized carbons (Fsp3) is 0.450. The molecule has 2 aliphatic heterocycles. The van der Waals surface area contributed by atoms with Crippen LogP contribution in [0.4, 0.5) is 0 Å². The predicted molar refractivity (Wildman–Crippen MR) is 99.3 cm³/mol. The van der Waals surface area contributed by atoms with Crippen LogP contribution in [0.5, 0.6) is 0 Å². The SMILES string of the molecule is C[C@H]1CCc2nc3ccc(-c4ccn(C5CCOCC5)c(=O)c4)nc3n21. The topological polar surface area (TPSA) is 61.9 Å². The molecular formula is C20H22N4O2. The fourth-order valence-corrected chi connectivity index (χ4v) is 4.20. The summed E-state index contributed by atoms with van der Waals surface area (Å²) >= 11 is 0. The molecule has 0 bridgehead atoms. The molecule has 5 rings (SSSR count). The number of aromatic nitrogens is 4. The van der Waals surface area contributed by atoms with Crippen LogP contribution in [0.3, 0.4) is 0 Å². The predicted octanol–water partition coefficient (Wildman–Crippen LogP) is 3.12. The molecule has 2 aliphatic rings. The quantitative estimate of drug-likeness (QED) is 0.712. The highest BCUT2D eigenvalue weighted by molar-refractivity contribution is 5.76. The van der Waals surface area contributed by atoms with Gasteiger partial charge in [0.05, 0.1) is 5.69 Å². The molecule has 0 unspecified atom stereocenters. The van der Waals surface area contributed by atoms with Gasteiger partial charge in [0.15, 0.2) is 5.65 Å². The first-order chi connectivity index (χ1) is 12.7. The standard InChI is InChI=1S/C20H22N4O2/c1-13-2-5-18-21-17-4-3-16(22-20(17)24(13)18)14-6-9-23(19(25)12-14)15-7-10-26-11-8-15/h3-4,6,9,12-13,15H,2,5,7-8,10-11H2,1H3/t13-/m0/s1. The average molecular weight is 350 g/mol. The number of fused-ring (bicyclic) bond motifs is 3. The third kappa shape index (κ3) is 2.48. The Kier molecular flexibility index (Phi) is 3.67. The van der Waals surface area contributed by atoms with Crippen molar-refractivity contribution in [1.29, 1.82) is 0 Å². The average Bonchev–Trinajstić information content (AvgIpc) is 3.21. The van der Waals surface area contributed by atoms with E-state index in [4.69, 9.17) is 14.7 Å². The van der Waals surface area contributed by atoms with E-state index in [-0.39, 0.29) is 11.6 Å². The summed E-state index contributed by atoms with van der Waals surface area (Å²) in [5.74, 6) is 1.12. The number of rotatable bonds is 2. The molecule has 0 amide bonds. The second kappa shape index (κ2) is 6.06. The van der Waals surface area contributed by atoms with Crippen LogP contribution in [0.15, 0.2) is 35.3 Å². The summed E-state index contributed by atoms with van der Waals surface area (Å²) in [6.07, 6.45) is 5.81. The number of ether oxygens (including phenoxy) is 1. The maximum Gasteiger partial charge on any atom is 0.251 e. The van der Waals surface area contributed by atoms with Crippen LogP contribution in [0.25, 0.3) is 22.4 Å². The Hall–Kier alpha value is -2.47. The highest BCUT2D eigenvalue weighted by Gasteiger charge is 2.23. The molecule has 0 aromatic carbocycles. The summed E-state index contributed by atoms with van der Waals surface area (Å²) < 4.78 is 9.47. The Bertz CT molecular complexity index is 1030. The lowest BCUT2D eigenvalue weighted by molar-refractivity contribution is 0.0687. The smallest absolute Gasteiger partial charge is 0.251 e. The molecule has 6 nitrogen and oxygen atoms in total. The van der Waals surface area contributed by atoms with Crippen LogP contribution < -0.4 is 5.56 Å². The summed E-state index contributed by atoms with van der Waals surface area (Å²) in [6, 6.07) is 8.34. The summed E-state index contributed by atoms with van der Waals surface area (Å²) in [7, 11) is 0. The Morgan fingerprint density at radius 3 is 2.77 bits per heavy atom. The van der Waals surface area contributed by atoms with Crippen molar-refractivity contribution in [1.82, 2.24) is 19.1 Å². The molecule has 0 aliphatic carbocycles. The van der Waals surface area contributed by atoms with E-state index in [0.29, 0.717) is 6.04 Å². The molecule has 0 spiro atoms. The molecule has 5 heterocycles. The van der Waals surface area contributed by atoms with Gasteiger partial charge in [-0.25, -0.2) is 9.97 Å². The van der Waals surface area contributed by atoms with E-state index in [2.05, 4.69) is 11.5 Å². The number of aryl methyl sites for hydroxylation is 1. The Morgan fingerprint density at radius 1 is 1.12 bits per heavy atom. The molecule has 0 N–H and O–H groups in total. The summed E-state index contributed by atoms with van der Waals surface area (Å²) in [4.78, 5) is 22.2. The highest BCUT2D eigenvalue weighted by atomic mass is 16.5. The van der Waals surface area contributed by atoms with Crippen molar-refractivity contribution < 1.29 is 4.74 Å². The van der Waals surface area contributed by atoms with Gasteiger partial charge in [-0.2, -0.15) is 0 Å². The number of nitrogens with zero attached hydrogens (tertiary/aromatic N) is 4. The van der Waals surface area contributed by atoms with E-state index in [1.165, 1.54) is 0 Å². The second-order valence-corrected chi connectivity index (χ2v) is 7.33. The molecule has 6 heteroatoms. The number of imidazole rings is 1. The Morgan fingerprint density at radius 2 is 1.96 bits per heavy atom. The van der Waals surface area contributed by atoms with Crippen LogP contribution in [-0.4, -0.2) is 32.3 Å². The minimum atomic E-state index is 0.0307. The van der Waals surface area contributed by atoms with E-state index in [1.54, 1.807) is 6.07 Å². The molecule has 1 saturated heterocycles. The van der Waals surface area contributed by atoms with Gasteiger partial charge in [-0.05, 0) is 44.4 Å². The zero-order valence-corrected chi connectivity index (χ0v) is 14.9. The van der Waals surface area contributed by atoms with Crippen molar-refractivity contribution in [3.8, 4) is 11.3 Å². The first kappa shape index (κ1) is 15.8. The lowest BCUT2D eigenvalue weighted by Crippen LogP contribution is -2.28. The monoisotopic (exact) mass is 350 g/mol. The zero-order valence-electron chi connectivity index (χ0n) is 14.9. The number of hydrogen-bond acceptors (Lipinski definition) is 4. The molecule has 3 aromatic rings. The highest BCUT2D eigenvalue weighted by Crippen LogP contribution is 2.31. The van der Waals surface area contributed by atoms with Gasteiger partial charge in [-0.15, -0.1) is 0 Å². The molecular weight excluding hydrogens is 328 g/mol. The van der Waals surface area contributed by atoms with Crippen LogP contribution in [0.2, 0.25) is 0 Å². The lowest BCUT2D eigenvalue weighted by atomic mass is 10.1. The van der Waals surface area contributed by atoms with Gasteiger partial charge in [-0.3, -0.25) is 4.79 Å². The molecule has 3 aromatic heterocycles. The summed E-state index contributed by atoms with van der Waals surface area (Å²) in [5.41, 5.74) is 3.59. The Balaban J connectivity index is 1.54. The first-order valence-corrected chi connectivity index (χ1v) is 9.39. The largest absolute Gasteiger partial charge is 0.381 e. The first-order valence-electron chi connectivity index (χ1n) is 9.39. The van der Waals surface area contributed by atoms with Crippen molar-refractivity contribution >= 4 is 11.2 Å². The van der Waals surface area contributed by atoms with Crippen LogP contribution in [0.1, 0.15) is 44.1 Å². The van der Waals surface area contributed by atoms with Crippen LogP contribution >= 0.6 is 0 Å². The summed E-state index contributed by atoms with van der Waals surface area (Å²) in [6.45, 7) is 3.66. The van der Waals surface area contributed by atoms with Gasteiger partial charge >= 0.3 is 0 Å². The maximum absolute atomic E-state index is 12.6. The fourth-order valence-electron chi connectivity index (χ4n) is 4.20. The van der Waals surface area contributed by atoms with Gasteiger partial charge in [0.25, 0.3) is 5.56 Å². The maximum atomic E-state index is 12.6. The van der Waals surface area contributed by atoms with E-state index >= 15 is 0 Å². The Labute approximate surface area is 151 Å². The van der Waals surface area contributed by atoms with Crippen molar-refractivity contribution in [2.75, 3.05) is 13.2 Å². The molecule has 134 valence electrons. The van der Waals surface area contributed by atoms with Crippen molar-refractivity contribution in [2.45, 2.75) is 44.7 Å². The lowest BCUT2D eigenvalue weighted by Gasteiger charge is -2.24. The molecule has 1 fully saturated rings. The van der Waals surface area contributed by atoms with E-state index in [0.717, 1.165) is 67.1 Å². The third-order valence-corrected chi connectivity index (χ3v) is 5.66. The van der Waals surface area contributed by atoms with E-state index in [1.807, 2.05) is 29.0 Å². The normalized spacial score (nSPS) is 20.6. The molecule has 1 atom stereocenters. The van der Waals surface area contributed by atoms with Gasteiger partial charge in [-0.1, -0.05) is 0 Å². The van der Waals surface area contributed by atoms with Gasteiger partial charge in [0, 0.05) is 49.5 Å². The second-order valence-electron chi connectivity index (χ2n) is 7.33. The number of hydrogen-bond donors (Lipinski definition) is 0. The molecule has 0 saturated carbocycles. The molecule has 0 radical (unpaired) electrons. The van der Waals surface area contributed by atoms with Crippen molar-refractivity contribution in [3.05, 3.63) is 46.6 Å². The third-order valence-electron chi connectivity index (χ3n) is 5.66. The van der Waals surface area contributed by atoms with E-state index < -0.39 is 0 Å². The minimum Gasteiger partial charge on any atom is -0.381 e. The zero-order chi connectivity index (χ0) is 17.7.